The van der Waals surface area contributed by atoms with Crippen LogP contribution in [-0.4, -0.2) is 85.2 Å². The van der Waals surface area contributed by atoms with Crippen molar-refractivity contribution in [3.05, 3.63) is 100 Å². The lowest BCUT2D eigenvalue weighted by Gasteiger charge is -2.34. The molecule has 1 amide bonds. The van der Waals surface area contributed by atoms with E-state index in [1.807, 2.05) is 68.4 Å². The Balaban J connectivity index is 1.28. The number of carbonyl (C=O) groups excluding carboxylic acids is 1. The van der Waals surface area contributed by atoms with Gasteiger partial charge in [-0.25, -0.2) is 13.2 Å². The van der Waals surface area contributed by atoms with Gasteiger partial charge in [-0.2, -0.15) is 4.31 Å². The lowest BCUT2D eigenvalue weighted by Crippen LogP contribution is -2.51. The van der Waals surface area contributed by atoms with E-state index in [4.69, 9.17) is 23.7 Å². The van der Waals surface area contributed by atoms with Crippen LogP contribution in [0.5, 0.6) is 5.75 Å². The van der Waals surface area contributed by atoms with Gasteiger partial charge in [0.15, 0.2) is 6.29 Å². The second-order valence-corrected chi connectivity index (χ2v) is 16.0. The summed E-state index contributed by atoms with van der Waals surface area (Å²) in [7, 11) is -4.21. The van der Waals surface area contributed by atoms with Crippen molar-refractivity contribution in [2.24, 2.45) is 11.8 Å². The molecule has 3 aliphatic rings. The predicted octanol–water partition coefficient (Wildman–Crippen LogP) is 5.77. The van der Waals surface area contributed by atoms with E-state index in [1.165, 1.54) is 22.5 Å². The Labute approximate surface area is 298 Å². The first-order chi connectivity index (χ1) is 24.3. The normalized spacial score (nSPS) is 24.2. The summed E-state index contributed by atoms with van der Waals surface area (Å²) in [6, 6.07) is 21.8. The molecule has 0 saturated carbocycles. The molecule has 6 rings (SSSR count). The van der Waals surface area contributed by atoms with Crippen LogP contribution in [0.25, 0.3) is 0 Å². The van der Waals surface area contributed by atoms with Crippen molar-refractivity contribution in [2.45, 2.75) is 82.3 Å². The smallest absolute Gasteiger partial charge is 0.412 e. The lowest BCUT2D eigenvalue weighted by molar-refractivity contribution is -0.385. The maximum atomic E-state index is 14.1. The highest BCUT2D eigenvalue weighted by atomic mass is 32.2. The van der Waals surface area contributed by atoms with E-state index in [0.29, 0.717) is 31.8 Å². The maximum absolute atomic E-state index is 14.1. The molecule has 0 spiro atoms. The average Bonchev–Trinajstić information content (AvgIpc) is 3.78. The van der Waals surface area contributed by atoms with Crippen LogP contribution >= 0.6 is 0 Å². The van der Waals surface area contributed by atoms with Crippen LogP contribution in [0.4, 0.5) is 10.5 Å². The van der Waals surface area contributed by atoms with Crippen LogP contribution in [0.15, 0.2) is 83.8 Å². The molecule has 14 heteroatoms. The number of sulfonamides is 1. The molecule has 5 atom stereocenters. The summed E-state index contributed by atoms with van der Waals surface area (Å²) < 4.78 is 59.5. The molecule has 0 bridgehead atoms. The highest BCUT2D eigenvalue weighted by molar-refractivity contribution is 7.89. The van der Waals surface area contributed by atoms with Crippen molar-refractivity contribution in [3.63, 3.8) is 0 Å². The number of amides is 1. The summed E-state index contributed by atoms with van der Waals surface area (Å²) in [4.78, 5) is 26.4. The van der Waals surface area contributed by atoms with Gasteiger partial charge in [0.1, 0.15) is 24.2 Å². The second-order valence-electron chi connectivity index (χ2n) is 14.1. The Morgan fingerprint density at radius 1 is 1.04 bits per heavy atom. The van der Waals surface area contributed by atoms with Crippen molar-refractivity contribution in [1.29, 1.82) is 0 Å². The Bertz CT molecular complexity index is 1790. The molecule has 13 nitrogen and oxygen atoms in total. The molecule has 3 aromatic rings. The Hall–Kier alpha value is -4.08. The molecule has 274 valence electrons. The number of non-ortho nitro benzene ring substituents is 1. The van der Waals surface area contributed by atoms with E-state index < -0.39 is 51.3 Å². The standard InChI is InChI=1S/C37H45N3O10S/c1-25(2)21-38(51(44,45)30-12-8-11-28(20-30)40(42)43)22-33-32(19-26-13-15-29(16-14-26)47-23-27-9-6-5-7-10-27)39(37(3,4)50-33)36(41)49-34-24-48-35-31(34)17-18-46-35/h5-16,20,25,31-35H,17-19,21-24H2,1-4H3. The Morgan fingerprint density at radius 2 is 1.78 bits per heavy atom. The number of nitrogens with zero attached hydrogens (tertiary/aromatic N) is 3. The van der Waals surface area contributed by atoms with Gasteiger partial charge in [0.25, 0.3) is 5.69 Å². The summed E-state index contributed by atoms with van der Waals surface area (Å²) in [6.45, 7) is 8.48. The summed E-state index contributed by atoms with van der Waals surface area (Å²) in [5.74, 6) is 0.527. The highest BCUT2D eigenvalue weighted by Gasteiger charge is 2.53. The van der Waals surface area contributed by atoms with Crippen LogP contribution in [0.1, 0.15) is 45.2 Å². The molecular weight excluding hydrogens is 678 g/mol. The van der Waals surface area contributed by atoms with E-state index in [0.717, 1.165) is 17.2 Å². The molecule has 3 saturated heterocycles. The second kappa shape index (κ2) is 15.3. The number of hydrogen-bond acceptors (Lipinski definition) is 10. The Morgan fingerprint density at radius 3 is 2.49 bits per heavy atom. The number of nitro groups is 1. The Kier molecular flexibility index (Phi) is 11.0. The fourth-order valence-corrected chi connectivity index (χ4v) is 8.69. The van der Waals surface area contributed by atoms with Gasteiger partial charge in [0.2, 0.25) is 10.0 Å². The third kappa shape index (κ3) is 8.36. The monoisotopic (exact) mass is 723 g/mol. The third-order valence-electron chi connectivity index (χ3n) is 9.45. The summed E-state index contributed by atoms with van der Waals surface area (Å²) in [6.07, 6.45) is -1.23. The molecule has 51 heavy (non-hydrogen) atoms. The number of carbonyl (C=O) groups is 1. The van der Waals surface area contributed by atoms with E-state index in [1.54, 1.807) is 18.7 Å². The minimum Gasteiger partial charge on any atom is -0.489 e. The van der Waals surface area contributed by atoms with Gasteiger partial charge >= 0.3 is 6.09 Å². The van der Waals surface area contributed by atoms with Gasteiger partial charge < -0.3 is 23.7 Å². The minimum absolute atomic E-state index is 0.0696. The number of benzene rings is 3. The summed E-state index contributed by atoms with van der Waals surface area (Å²) in [5.41, 5.74) is 0.418. The van der Waals surface area contributed by atoms with Crippen molar-refractivity contribution in [3.8, 4) is 5.75 Å². The minimum atomic E-state index is -4.21. The number of hydrogen-bond donors (Lipinski definition) is 0. The van der Waals surface area contributed by atoms with Crippen molar-refractivity contribution in [1.82, 2.24) is 9.21 Å². The molecule has 3 heterocycles. The van der Waals surface area contributed by atoms with Crippen molar-refractivity contribution in [2.75, 3.05) is 26.3 Å². The SMILES string of the molecule is CC(C)CN(CC1OC(C)(C)N(C(=O)OC2COC3OCCC23)C1Cc1ccc(OCc2ccccc2)cc1)S(=O)(=O)c1cccc([N+](=O)[O-])c1. The van der Waals surface area contributed by atoms with Crippen molar-refractivity contribution < 1.29 is 41.8 Å². The molecule has 0 aromatic heterocycles. The molecule has 0 aliphatic carbocycles. The zero-order valence-corrected chi connectivity index (χ0v) is 30.1. The number of nitro benzene ring substituents is 1. The molecule has 5 unspecified atom stereocenters. The summed E-state index contributed by atoms with van der Waals surface area (Å²) in [5, 5.41) is 11.5. The van der Waals surface area contributed by atoms with Crippen LogP contribution in [0.3, 0.4) is 0 Å². The van der Waals surface area contributed by atoms with Crippen LogP contribution in [0.2, 0.25) is 0 Å². The zero-order chi connectivity index (χ0) is 36.3. The fraction of sp³-hybridized carbons (Fsp3) is 0.486. The number of rotatable bonds is 13. The van der Waals surface area contributed by atoms with Crippen molar-refractivity contribution >= 4 is 21.8 Å². The molecule has 0 N–H and O–H groups in total. The van der Waals surface area contributed by atoms with Gasteiger partial charge in [-0.3, -0.25) is 15.0 Å². The first-order valence-corrected chi connectivity index (χ1v) is 18.7. The first-order valence-electron chi connectivity index (χ1n) is 17.2. The quantitative estimate of drug-likeness (QED) is 0.157. The van der Waals surface area contributed by atoms with Crippen LogP contribution in [0, 0.1) is 22.0 Å². The van der Waals surface area contributed by atoms with Crippen LogP contribution in [-0.2, 0) is 42.0 Å². The van der Waals surface area contributed by atoms with E-state index >= 15 is 0 Å². The molecular formula is C37H45N3O10S. The number of ether oxygens (including phenoxy) is 5. The van der Waals surface area contributed by atoms with Gasteiger partial charge in [0, 0.05) is 25.2 Å². The van der Waals surface area contributed by atoms with Gasteiger partial charge in [-0.1, -0.05) is 62.4 Å². The molecule has 3 aromatic carbocycles. The van der Waals surface area contributed by atoms with E-state index in [9.17, 15) is 23.3 Å². The molecule has 0 radical (unpaired) electrons. The van der Waals surface area contributed by atoms with Gasteiger partial charge in [-0.05, 0) is 61.9 Å². The highest BCUT2D eigenvalue weighted by Crippen LogP contribution is 2.39. The zero-order valence-electron chi connectivity index (χ0n) is 29.3. The lowest BCUT2D eigenvalue weighted by atomic mass is 9.99. The fourth-order valence-electron chi connectivity index (χ4n) is 7.03. The number of fused-ring (bicyclic) bond motifs is 1. The average molecular weight is 724 g/mol. The van der Waals surface area contributed by atoms with Gasteiger partial charge in [-0.15, -0.1) is 0 Å². The topological polar surface area (TPSA) is 147 Å². The van der Waals surface area contributed by atoms with Gasteiger partial charge in [0.05, 0.1) is 41.1 Å². The molecule has 3 fully saturated rings. The van der Waals surface area contributed by atoms with E-state index in [2.05, 4.69) is 0 Å². The third-order valence-corrected chi connectivity index (χ3v) is 11.3. The maximum Gasteiger partial charge on any atom is 0.412 e. The largest absolute Gasteiger partial charge is 0.489 e. The predicted molar refractivity (Wildman–Crippen MR) is 186 cm³/mol. The summed E-state index contributed by atoms with van der Waals surface area (Å²) >= 11 is 0. The van der Waals surface area contributed by atoms with E-state index in [-0.39, 0.29) is 42.1 Å². The van der Waals surface area contributed by atoms with Crippen LogP contribution < -0.4 is 4.74 Å². The molecule has 3 aliphatic heterocycles. The first kappa shape index (κ1) is 36.7.